The number of fused-ring (bicyclic) bond motifs is 1. The highest BCUT2D eigenvalue weighted by Gasteiger charge is 2.44. The van der Waals surface area contributed by atoms with Gasteiger partial charge in [0.15, 0.2) is 0 Å². The summed E-state index contributed by atoms with van der Waals surface area (Å²) >= 11 is 0. The number of aromatic nitrogens is 3. The van der Waals surface area contributed by atoms with Crippen molar-refractivity contribution in [3.63, 3.8) is 0 Å². The van der Waals surface area contributed by atoms with Crippen molar-refractivity contribution in [3.05, 3.63) is 31.5 Å². The van der Waals surface area contributed by atoms with E-state index in [1.807, 2.05) is 0 Å². The second-order valence-corrected chi connectivity index (χ2v) is 8.55. The third kappa shape index (κ3) is 3.88. The van der Waals surface area contributed by atoms with Gasteiger partial charge >= 0.3 is 23.0 Å². The van der Waals surface area contributed by atoms with Crippen LogP contribution in [-0.4, -0.2) is 63.9 Å². The molecule has 0 spiro atoms. The molecule has 4 heterocycles. The SMILES string of the molecule is CC(C(=O)OCC1CCC2OC2C1)n1c(=O)n(CC2CO2)c(=O)n(CC2CO2)c1=O. The van der Waals surface area contributed by atoms with Crippen molar-refractivity contribution < 1.29 is 23.7 Å². The van der Waals surface area contributed by atoms with Crippen LogP contribution in [0.25, 0.3) is 0 Å². The molecule has 0 bridgehead atoms. The maximum atomic E-state index is 12.9. The van der Waals surface area contributed by atoms with Gasteiger partial charge in [-0.1, -0.05) is 0 Å². The summed E-state index contributed by atoms with van der Waals surface area (Å²) in [5, 5.41) is 0. The van der Waals surface area contributed by atoms with Crippen LogP contribution in [0.4, 0.5) is 0 Å². The number of carbonyl (C=O) groups excluding carboxylic acids is 1. The van der Waals surface area contributed by atoms with Gasteiger partial charge in [0.25, 0.3) is 0 Å². The van der Waals surface area contributed by atoms with Crippen molar-refractivity contribution in [1.29, 1.82) is 0 Å². The molecule has 4 fully saturated rings. The smallest absolute Gasteiger partial charge is 0.337 e. The Morgan fingerprint density at radius 2 is 1.60 bits per heavy atom. The summed E-state index contributed by atoms with van der Waals surface area (Å²) in [5.41, 5.74) is -2.37. The lowest BCUT2D eigenvalue weighted by Gasteiger charge is -2.21. The average Bonchev–Trinajstić information content (AvgIpc) is 3.59. The summed E-state index contributed by atoms with van der Waals surface area (Å²) in [5.74, 6) is -0.457. The van der Waals surface area contributed by atoms with Crippen LogP contribution in [0.15, 0.2) is 14.4 Å². The van der Waals surface area contributed by atoms with Crippen molar-refractivity contribution in [2.24, 2.45) is 5.92 Å². The van der Waals surface area contributed by atoms with E-state index in [2.05, 4.69) is 0 Å². The van der Waals surface area contributed by atoms with Crippen LogP contribution in [0.1, 0.15) is 32.2 Å². The predicted octanol–water partition coefficient (Wildman–Crippen LogP) is -1.36. The van der Waals surface area contributed by atoms with Crippen LogP contribution < -0.4 is 17.1 Å². The normalized spacial score (nSPS) is 32.2. The first-order valence-corrected chi connectivity index (χ1v) is 10.4. The van der Waals surface area contributed by atoms with Crippen molar-refractivity contribution in [2.45, 2.75) is 69.7 Å². The fraction of sp³-hybridized carbons (Fsp3) is 0.789. The highest BCUT2D eigenvalue weighted by atomic mass is 16.6. The Morgan fingerprint density at radius 3 is 2.13 bits per heavy atom. The third-order valence-corrected chi connectivity index (χ3v) is 6.22. The minimum Gasteiger partial charge on any atom is -0.464 e. The molecule has 3 saturated heterocycles. The zero-order valence-electron chi connectivity index (χ0n) is 16.7. The van der Waals surface area contributed by atoms with Crippen LogP contribution in [0.2, 0.25) is 0 Å². The molecule has 0 aromatic carbocycles. The minimum atomic E-state index is -1.16. The van der Waals surface area contributed by atoms with Crippen molar-refractivity contribution in [3.8, 4) is 0 Å². The molecular weight excluding hydrogens is 398 g/mol. The molecule has 30 heavy (non-hydrogen) atoms. The summed E-state index contributed by atoms with van der Waals surface area (Å²) in [4.78, 5) is 51.2. The number of epoxide rings is 3. The van der Waals surface area contributed by atoms with Crippen LogP contribution in [-0.2, 0) is 36.8 Å². The summed E-state index contributed by atoms with van der Waals surface area (Å²) in [6.45, 7) is 2.63. The van der Waals surface area contributed by atoms with E-state index < -0.39 is 29.1 Å². The molecule has 1 saturated carbocycles. The summed E-state index contributed by atoms with van der Waals surface area (Å²) < 4.78 is 23.9. The molecule has 0 amide bonds. The molecule has 11 nitrogen and oxygen atoms in total. The second kappa shape index (κ2) is 7.47. The molecule has 0 N–H and O–H groups in total. The van der Waals surface area contributed by atoms with Gasteiger partial charge in [-0.25, -0.2) is 32.9 Å². The number of nitrogens with zero attached hydrogens (tertiary/aromatic N) is 3. The van der Waals surface area contributed by atoms with Gasteiger partial charge in [0, 0.05) is 0 Å². The van der Waals surface area contributed by atoms with Gasteiger partial charge in [-0.05, 0) is 32.1 Å². The standard InChI is InChI=1S/C19H25N3O8/c1-10(16(23)29-7-11-2-3-14-15(4-11)30-14)22-18(25)20(5-12-8-27-12)17(24)21(19(22)26)6-13-9-28-13/h10-15H,2-9H2,1H3. The molecule has 0 radical (unpaired) electrons. The Bertz CT molecular complexity index is 966. The highest BCUT2D eigenvalue weighted by molar-refractivity contribution is 5.73. The van der Waals surface area contributed by atoms with Crippen molar-refractivity contribution >= 4 is 5.97 Å². The lowest BCUT2D eigenvalue weighted by atomic mass is 9.90. The molecule has 5 rings (SSSR count). The van der Waals surface area contributed by atoms with Gasteiger partial charge in [0.05, 0.1) is 57.3 Å². The van der Waals surface area contributed by atoms with Gasteiger partial charge < -0.3 is 18.9 Å². The molecule has 1 aromatic heterocycles. The number of ether oxygens (including phenoxy) is 4. The van der Waals surface area contributed by atoms with E-state index in [4.69, 9.17) is 18.9 Å². The van der Waals surface area contributed by atoms with Gasteiger partial charge in [-0.3, -0.25) is 0 Å². The number of hydrogen-bond acceptors (Lipinski definition) is 8. The predicted molar refractivity (Wildman–Crippen MR) is 100 cm³/mol. The summed E-state index contributed by atoms with van der Waals surface area (Å²) in [7, 11) is 0. The van der Waals surface area contributed by atoms with Crippen LogP contribution in [0.3, 0.4) is 0 Å². The largest absolute Gasteiger partial charge is 0.464 e. The second-order valence-electron chi connectivity index (χ2n) is 8.55. The Hall–Kier alpha value is -2.24. The maximum Gasteiger partial charge on any atom is 0.337 e. The quantitative estimate of drug-likeness (QED) is 0.370. The number of rotatable bonds is 8. The summed E-state index contributed by atoms with van der Waals surface area (Å²) in [6, 6.07) is -1.16. The highest BCUT2D eigenvalue weighted by Crippen LogP contribution is 2.39. The third-order valence-electron chi connectivity index (χ3n) is 6.22. The van der Waals surface area contributed by atoms with E-state index in [1.54, 1.807) is 0 Å². The monoisotopic (exact) mass is 423 g/mol. The molecule has 6 atom stereocenters. The number of carbonyl (C=O) groups is 1. The summed E-state index contributed by atoms with van der Waals surface area (Å²) in [6.07, 6.45) is 2.88. The van der Waals surface area contributed by atoms with E-state index in [1.165, 1.54) is 6.92 Å². The zero-order valence-corrected chi connectivity index (χ0v) is 16.7. The first-order chi connectivity index (χ1) is 14.4. The van der Waals surface area contributed by atoms with E-state index in [0.29, 0.717) is 19.3 Å². The zero-order chi connectivity index (χ0) is 21.0. The first-order valence-electron chi connectivity index (χ1n) is 10.4. The topological polar surface area (TPSA) is 130 Å². The lowest BCUT2D eigenvalue weighted by molar-refractivity contribution is -0.149. The molecule has 1 aromatic rings. The number of esters is 1. The Morgan fingerprint density at radius 1 is 1.00 bits per heavy atom. The minimum absolute atomic E-state index is 0.0376. The molecular formula is C19H25N3O8. The molecule has 4 aliphatic rings. The van der Waals surface area contributed by atoms with E-state index >= 15 is 0 Å². The fourth-order valence-corrected chi connectivity index (χ4v) is 4.11. The lowest BCUT2D eigenvalue weighted by Crippen LogP contribution is -2.57. The van der Waals surface area contributed by atoms with Gasteiger partial charge in [-0.15, -0.1) is 0 Å². The van der Waals surface area contributed by atoms with Crippen LogP contribution in [0, 0.1) is 5.92 Å². The maximum absolute atomic E-state index is 12.9. The molecule has 3 aliphatic heterocycles. The average molecular weight is 423 g/mol. The van der Waals surface area contributed by atoms with E-state index in [0.717, 1.165) is 33.0 Å². The van der Waals surface area contributed by atoms with E-state index in [9.17, 15) is 19.2 Å². The van der Waals surface area contributed by atoms with E-state index in [-0.39, 0.29) is 43.9 Å². The molecule has 11 heteroatoms. The van der Waals surface area contributed by atoms with Crippen LogP contribution in [0.5, 0.6) is 0 Å². The van der Waals surface area contributed by atoms with Crippen molar-refractivity contribution in [2.75, 3.05) is 19.8 Å². The van der Waals surface area contributed by atoms with Crippen molar-refractivity contribution in [1.82, 2.24) is 13.7 Å². The van der Waals surface area contributed by atoms with Gasteiger partial charge in [-0.2, -0.15) is 0 Å². The van der Waals surface area contributed by atoms with Crippen LogP contribution >= 0.6 is 0 Å². The Kier molecular flexibility index (Phi) is 4.91. The molecule has 1 aliphatic carbocycles. The Labute approximate surface area is 171 Å². The fourth-order valence-electron chi connectivity index (χ4n) is 4.11. The molecule has 164 valence electrons. The first kappa shape index (κ1) is 19.7. The van der Waals surface area contributed by atoms with Gasteiger partial charge in [0.2, 0.25) is 0 Å². The molecule has 6 unspecified atom stereocenters. The van der Waals surface area contributed by atoms with Gasteiger partial charge in [0.1, 0.15) is 6.04 Å². The Balaban J connectivity index is 1.38. The number of hydrogen-bond donors (Lipinski definition) is 0.